The lowest BCUT2D eigenvalue weighted by Gasteiger charge is -2.37. The van der Waals surface area contributed by atoms with Crippen LogP contribution in [0.5, 0.6) is 0 Å². The van der Waals surface area contributed by atoms with Gasteiger partial charge in [0.25, 0.3) is 0 Å². The molecule has 0 radical (unpaired) electrons. The van der Waals surface area contributed by atoms with Crippen molar-refractivity contribution in [3.63, 3.8) is 0 Å². The molecule has 1 aliphatic rings. The van der Waals surface area contributed by atoms with Gasteiger partial charge in [0.1, 0.15) is 0 Å². The van der Waals surface area contributed by atoms with Gasteiger partial charge in [-0.3, -0.25) is 9.69 Å². The Labute approximate surface area is 111 Å². The second-order valence-electron chi connectivity index (χ2n) is 4.53. The lowest BCUT2D eigenvalue weighted by Crippen LogP contribution is -2.53. The smallest absolute Gasteiger partial charge is 0.239 e. The van der Waals surface area contributed by atoms with Crippen LogP contribution in [0.1, 0.15) is 12.5 Å². The summed E-state index contributed by atoms with van der Waals surface area (Å²) in [6, 6.07) is 8.26. The average Bonchev–Trinajstić information content (AvgIpc) is 2.33. The number of piperazine rings is 1. The quantitative estimate of drug-likeness (QED) is 0.835. The topological polar surface area (TPSA) is 23.6 Å². The van der Waals surface area contributed by atoms with Crippen molar-refractivity contribution in [2.24, 2.45) is 0 Å². The number of hydrogen-bond acceptors (Lipinski definition) is 2. The first-order chi connectivity index (χ1) is 8.08. The predicted octanol–water partition coefficient (Wildman–Crippen LogP) is 2.11. The number of likely N-dealkylation sites (N-methyl/N-ethyl adjacent to an activating group) is 1. The number of rotatable bonds is 2. The summed E-state index contributed by atoms with van der Waals surface area (Å²) in [4.78, 5) is 15.9. The first-order valence-electron chi connectivity index (χ1n) is 5.81. The van der Waals surface area contributed by atoms with Crippen LogP contribution in [0.4, 0.5) is 0 Å². The molecule has 0 aliphatic carbocycles. The molecule has 0 bridgehead atoms. The summed E-state index contributed by atoms with van der Waals surface area (Å²) in [6.45, 7) is 4.59. The van der Waals surface area contributed by atoms with Gasteiger partial charge in [0.2, 0.25) is 5.91 Å². The Morgan fingerprint density at radius 1 is 1.29 bits per heavy atom. The van der Waals surface area contributed by atoms with Crippen molar-refractivity contribution in [3.05, 3.63) is 34.3 Å². The number of halogens is 1. The Hall–Kier alpha value is -0.870. The zero-order valence-corrected chi connectivity index (χ0v) is 11.8. The number of nitrogens with zero attached hydrogens (tertiary/aromatic N) is 2. The van der Waals surface area contributed by atoms with Crippen LogP contribution in [-0.4, -0.2) is 41.9 Å². The van der Waals surface area contributed by atoms with Crippen LogP contribution in [-0.2, 0) is 11.3 Å². The van der Waals surface area contributed by atoms with E-state index in [1.165, 1.54) is 5.56 Å². The van der Waals surface area contributed by atoms with Crippen LogP contribution in [0.15, 0.2) is 28.7 Å². The summed E-state index contributed by atoms with van der Waals surface area (Å²) in [5.74, 6) is 0.216. The lowest BCUT2D eigenvalue weighted by atomic mass is 10.1. The minimum absolute atomic E-state index is 0.0163. The Balaban J connectivity index is 2.04. The Kier molecular flexibility index (Phi) is 3.84. The molecule has 1 saturated heterocycles. The number of hydrogen-bond donors (Lipinski definition) is 0. The van der Waals surface area contributed by atoms with Gasteiger partial charge in [-0.05, 0) is 24.6 Å². The maximum absolute atomic E-state index is 11.9. The van der Waals surface area contributed by atoms with E-state index in [9.17, 15) is 4.79 Å². The number of amides is 1. The van der Waals surface area contributed by atoms with Gasteiger partial charge in [-0.1, -0.05) is 28.1 Å². The van der Waals surface area contributed by atoms with E-state index in [1.54, 1.807) is 0 Å². The van der Waals surface area contributed by atoms with E-state index in [1.807, 2.05) is 31.0 Å². The SMILES string of the molecule is CC1C(=O)N(C)CCN1Cc1ccc(Br)cc1. The lowest BCUT2D eigenvalue weighted by molar-refractivity contribution is -0.139. The third-order valence-corrected chi connectivity index (χ3v) is 3.83. The molecule has 4 heteroatoms. The molecule has 0 aromatic heterocycles. The highest BCUT2D eigenvalue weighted by Gasteiger charge is 2.28. The van der Waals surface area contributed by atoms with E-state index in [0.717, 1.165) is 24.1 Å². The van der Waals surface area contributed by atoms with E-state index in [2.05, 4.69) is 33.0 Å². The molecular weight excluding hydrogens is 280 g/mol. The highest BCUT2D eigenvalue weighted by Crippen LogP contribution is 2.16. The maximum atomic E-state index is 11.9. The molecule has 1 heterocycles. The van der Waals surface area contributed by atoms with Gasteiger partial charge in [0, 0.05) is 31.2 Å². The van der Waals surface area contributed by atoms with Gasteiger partial charge in [-0.15, -0.1) is 0 Å². The summed E-state index contributed by atoms with van der Waals surface area (Å²) in [7, 11) is 1.87. The van der Waals surface area contributed by atoms with E-state index < -0.39 is 0 Å². The molecule has 1 atom stereocenters. The number of carbonyl (C=O) groups excluding carboxylic acids is 1. The van der Waals surface area contributed by atoms with Crippen molar-refractivity contribution >= 4 is 21.8 Å². The van der Waals surface area contributed by atoms with Crippen LogP contribution in [0.2, 0.25) is 0 Å². The van der Waals surface area contributed by atoms with Crippen molar-refractivity contribution in [1.29, 1.82) is 0 Å². The summed E-state index contributed by atoms with van der Waals surface area (Å²) in [6.07, 6.45) is 0. The van der Waals surface area contributed by atoms with Gasteiger partial charge in [0.05, 0.1) is 6.04 Å². The van der Waals surface area contributed by atoms with Crippen LogP contribution in [0.3, 0.4) is 0 Å². The summed E-state index contributed by atoms with van der Waals surface area (Å²) < 4.78 is 1.09. The molecule has 0 spiro atoms. The first-order valence-corrected chi connectivity index (χ1v) is 6.60. The van der Waals surface area contributed by atoms with Crippen molar-refractivity contribution in [2.75, 3.05) is 20.1 Å². The fourth-order valence-corrected chi connectivity index (χ4v) is 2.36. The molecule has 1 fully saturated rings. The largest absolute Gasteiger partial charge is 0.343 e. The Bertz CT molecular complexity index is 404. The molecule has 1 unspecified atom stereocenters. The highest BCUT2D eigenvalue weighted by molar-refractivity contribution is 9.10. The van der Waals surface area contributed by atoms with Gasteiger partial charge < -0.3 is 4.90 Å². The molecule has 1 amide bonds. The Morgan fingerprint density at radius 3 is 2.59 bits per heavy atom. The van der Waals surface area contributed by atoms with Gasteiger partial charge in [-0.25, -0.2) is 0 Å². The molecule has 1 aromatic rings. The third-order valence-electron chi connectivity index (χ3n) is 3.30. The summed E-state index contributed by atoms with van der Waals surface area (Å²) >= 11 is 3.43. The van der Waals surface area contributed by atoms with Crippen LogP contribution in [0.25, 0.3) is 0 Å². The van der Waals surface area contributed by atoms with Crippen LogP contribution >= 0.6 is 15.9 Å². The molecule has 1 aromatic carbocycles. The van der Waals surface area contributed by atoms with Gasteiger partial charge in [0.15, 0.2) is 0 Å². The third kappa shape index (κ3) is 2.87. The molecule has 3 nitrogen and oxygen atoms in total. The molecule has 2 rings (SSSR count). The van der Waals surface area contributed by atoms with Crippen LogP contribution in [0, 0.1) is 0 Å². The van der Waals surface area contributed by atoms with Crippen LogP contribution < -0.4 is 0 Å². The second kappa shape index (κ2) is 5.19. The van der Waals surface area contributed by atoms with Crippen molar-refractivity contribution in [2.45, 2.75) is 19.5 Å². The van der Waals surface area contributed by atoms with Gasteiger partial charge >= 0.3 is 0 Å². The molecule has 1 aliphatic heterocycles. The second-order valence-corrected chi connectivity index (χ2v) is 5.45. The average molecular weight is 297 g/mol. The number of carbonyl (C=O) groups is 1. The predicted molar refractivity (Wildman–Crippen MR) is 71.7 cm³/mol. The molecule has 17 heavy (non-hydrogen) atoms. The minimum atomic E-state index is -0.0163. The molecule has 0 saturated carbocycles. The minimum Gasteiger partial charge on any atom is -0.343 e. The number of benzene rings is 1. The summed E-state index contributed by atoms with van der Waals surface area (Å²) in [5.41, 5.74) is 1.25. The molecule has 0 N–H and O–H groups in total. The van der Waals surface area contributed by atoms with Crippen molar-refractivity contribution in [1.82, 2.24) is 9.80 Å². The Morgan fingerprint density at radius 2 is 1.94 bits per heavy atom. The monoisotopic (exact) mass is 296 g/mol. The maximum Gasteiger partial charge on any atom is 0.239 e. The highest BCUT2D eigenvalue weighted by atomic mass is 79.9. The molecule has 92 valence electrons. The van der Waals surface area contributed by atoms with Crippen molar-refractivity contribution < 1.29 is 4.79 Å². The fourth-order valence-electron chi connectivity index (χ4n) is 2.10. The fraction of sp³-hybridized carbons (Fsp3) is 0.462. The summed E-state index contributed by atoms with van der Waals surface area (Å²) in [5, 5.41) is 0. The van der Waals surface area contributed by atoms with E-state index >= 15 is 0 Å². The normalized spacial score (nSPS) is 21.9. The molecular formula is C13H17BrN2O. The standard InChI is InChI=1S/C13H17BrN2O/c1-10-13(17)15(2)7-8-16(10)9-11-3-5-12(14)6-4-11/h3-6,10H,7-9H2,1-2H3. The van der Waals surface area contributed by atoms with Crippen molar-refractivity contribution in [3.8, 4) is 0 Å². The zero-order chi connectivity index (χ0) is 12.4. The van der Waals surface area contributed by atoms with E-state index in [0.29, 0.717) is 0 Å². The zero-order valence-electron chi connectivity index (χ0n) is 10.2. The van der Waals surface area contributed by atoms with E-state index in [4.69, 9.17) is 0 Å². The van der Waals surface area contributed by atoms with E-state index in [-0.39, 0.29) is 11.9 Å². The van der Waals surface area contributed by atoms with Gasteiger partial charge in [-0.2, -0.15) is 0 Å². The first kappa shape index (κ1) is 12.6.